The van der Waals surface area contributed by atoms with Crippen molar-refractivity contribution in [2.24, 2.45) is 11.8 Å². The van der Waals surface area contributed by atoms with Crippen molar-refractivity contribution < 1.29 is 19.4 Å². The summed E-state index contributed by atoms with van der Waals surface area (Å²) < 4.78 is 5.63. The number of esters is 1. The third kappa shape index (κ3) is 5.68. The SMILES string of the molecule is N#Cc1ccc(-c2ccccc2)cc1OC(=O)[C@@H]1C[C@H](C(=O)O)[C@@H]1c1ccccc1.c1ccccc1. The molecule has 0 heterocycles. The summed E-state index contributed by atoms with van der Waals surface area (Å²) >= 11 is 0. The Morgan fingerprint density at radius 2 is 1.31 bits per heavy atom. The molecule has 1 aliphatic rings. The molecule has 1 N–H and O–H groups in total. The van der Waals surface area contributed by atoms with Crippen molar-refractivity contribution in [3.63, 3.8) is 0 Å². The minimum absolute atomic E-state index is 0.189. The lowest BCUT2D eigenvalue weighted by atomic mass is 9.62. The summed E-state index contributed by atoms with van der Waals surface area (Å²) in [6, 6.07) is 37.9. The van der Waals surface area contributed by atoms with Gasteiger partial charge in [-0.3, -0.25) is 9.59 Å². The van der Waals surface area contributed by atoms with Crippen LogP contribution >= 0.6 is 0 Å². The van der Waals surface area contributed by atoms with E-state index >= 15 is 0 Å². The first-order valence-electron chi connectivity index (χ1n) is 11.7. The van der Waals surface area contributed by atoms with E-state index in [9.17, 15) is 20.0 Å². The smallest absolute Gasteiger partial charge is 0.315 e. The third-order valence-electron chi connectivity index (χ3n) is 6.27. The molecular weight excluding hydrogens is 450 g/mol. The van der Waals surface area contributed by atoms with E-state index in [1.165, 1.54) is 0 Å². The number of nitriles is 1. The Labute approximate surface area is 210 Å². The number of benzene rings is 4. The molecule has 5 rings (SSSR count). The lowest BCUT2D eigenvalue weighted by Gasteiger charge is -2.40. The van der Waals surface area contributed by atoms with E-state index < -0.39 is 29.7 Å². The molecule has 1 aliphatic carbocycles. The summed E-state index contributed by atoms with van der Waals surface area (Å²) in [6.07, 6.45) is 0.216. The van der Waals surface area contributed by atoms with Gasteiger partial charge in [-0.15, -0.1) is 0 Å². The molecule has 0 radical (unpaired) electrons. The molecule has 1 fully saturated rings. The maximum atomic E-state index is 12.9. The first kappa shape index (κ1) is 24.4. The van der Waals surface area contributed by atoms with Crippen LogP contribution in [0.5, 0.6) is 5.75 Å². The minimum Gasteiger partial charge on any atom is -0.481 e. The van der Waals surface area contributed by atoms with Crippen molar-refractivity contribution >= 4 is 11.9 Å². The van der Waals surface area contributed by atoms with Crippen molar-refractivity contribution in [2.45, 2.75) is 12.3 Å². The molecule has 0 amide bonds. The molecule has 0 bridgehead atoms. The molecule has 0 aliphatic heterocycles. The zero-order valence-corrected chi connectivity index (χ0v) is 19.5. The molecule has 5 nitrogen and oxygen atoms in total. The van der Waals surface area contributed by atoms with E-state index in [-0.39, 0.29) is 17.7 Å². The first-order valence-corrected chi connectivity index (χ1v) is 11.7. The average Bonchev–Trinajstić information content (AvgIpc) is 2.90. The van der Waals surface area contributed by atoms with Crippen LogP contribution in [-0.2, 0) is 9.59 Å². The molecule has 0 spiro atoms. The molecule has 0 aromatic heterocycles. The van der Waals surface area contributed by atoms with E-state index in [1.807, 2.05) is 103 Å². The van der Waals surface area contributed by atoms with Gasteiger partial charge in [-0.1, -0.05) is 103 Å². The lowest BCUT2D eigenvalue weighted by molar-refractivity contribution is -0.155. The highest BCUT2D eigenvalue weighted by Crippen LogP contribution is 2.48. The maximum absolute atomic E-state index is 12.9. The van der Waals surface area contributed by atoms with Gasteiger partial charge in [0.05, 0.1) is 17.4 Å². The number of rotatable bonds is 5. The van der Waals surface area contributed by atoms with Gasteiger partial charge < -0.3 is 9.84 Å². The number of hydrogen-bond acceptors (Lipinski definition) is 4. The van der Waals surface area contributed by atoms with Crippen LogP contribution in [0.15, 0.2) is 115 Å². The quantitative estimate of drug-likeness (QED) is 0.269. The average molecular weight is 476 g/mol. The number of ether oxygens (including phenoxy) is 1. The predicted molar refractivity (Wildman–Crippen MR) is 137 cm³/mol. The Bertz CT molecular complexity index is 1320. The van der Waals surface area contributed by atoms with Gasteiger partial charge in [0.1, 0.15) is 11.8 Å². The van der Waals surface area contributed by atoms with Crippen LogP contribution in [0.25, 0.3) is 11.1 Å². The van der Waals surface area contributed by atoms with Gasteiger partial charge in [-0.25, -0.2) is 0 Å². The van der Waals surface area contributed by atoms with Crippen molar-refractivity contribution in [2.75, 3.05) is 0 Å². The molecule has 4 aromatic rings. The Balaban J connectivity index is 0.000000445. The summed E-state index contributed by atoms with van der Waals surface area (Å²) in [5, 5.41) is 18.9. The van der Waals surface area contributed by atoms with Crippen LogP contribution < -0.4 is 4.74 Å². The Kier molecular flexibility index (Phi) is 7.90. The van der Waals surface area contributed by atoms with Crippen molar-refractivity contribution in [3.8, 4) is 22.9 Å². The van der Waals surface area contributed by atoms with E-state index in [4.69, 9.17) is 4.74 Å². The third-order valence-corrected chi connectivity index (χ3v) is 6.27. The molecule has 0 unspecified atom stereocenters. The molecule has 3 atom stereocenters. The molecule has 178 valence electrons. The predicted octanol–water partition coefficient (Wildman–Crippen LogP) is 6.32. The van der Waals surface area contributed by atoms with Crippen LogP contribution in [0.1, 0.15) is 23.5 Å². The summed E-state index contributed by atoms with van der Waals surface area (Å²) in [4.78, 5) is 24.5. The highest BCUT2D eigenvalue weighted by atomic mass is 16.5. The first-order chi connectivity index (χ1) is 17.6. The van der Waals surface area contributed by atoms with E-state index in [1.54, 1.807) is 12.1 Å². The van der Waals surface area contributed by atoms with Gasteiger partial charge in [-0.05, 0) is 35.2 Å². The summed E-state index contributed by atoms with van der Waals surface area (Å²) in [5.41, 5.74) is 2.83. The number of hydrogen-bond donors (Lipinski definition) is 1. The number of carboxylic acids is 1. The summed E-state index contributed by atoms with van der Waals surface area (Å²) in [6.45, 7) is 0. The number of carbonyl (C=O) groups excluding carboxylic acids is 1. The van der Waals surface area contributed by atoms with Gasteiger partial charge in [0.15, 0.2) is 0 Å². The molecule has 5 heteroatoms. The topological polar surface area (TPSA) is 87.4 Å². The zero-order chi connectivity index (χ0) is 25.3. The Morgan fingerprint density at radius 3 is 1.86 bits per heavy atom. The standard InChI is InChI=1S/C25H19NO4.C6H6/c26-15-19-12-11-18(16-7-3-1-4-8-16)13-22(19)30-25(29)21-14-20(24(27)28)23(21)17-9-5-2-6-10-17;1-2-4-6-5-3-1/h1-13,20-21,23H,14H2,(H,27,28);1-6H/t20-,21+,23-;/m0./s1. The van der Waals surface area contributed by atoms with Crippen LogP contribution in [0.3, 0.4) is 0 Å². The van der Waals surface area contributed by atoms with Crippen LogP contribution in [0.4, 0.5) is 0 Å². The number of nitrogens with zero attached hydrogens (tertiary/aromatic N) is 1. The lowest BCUT2D eigenvalue weighted by Crippen LogP contribution is -2.45. The van der Waals surface area contributed by atoms with Crippen molar-refractivity contribution in [1.82, 2.24) is 0 Å². The van der Waals surface area contributed by atoms with E-state index in [0.29, 0.717) is 0 Å². The monoisotopic (exact) mass is 475 g/mol. The normalized spacial score (nSPS) is 17.9. The molecule has 4 aromatic carbocycles. The van der Waals surface area contributed by atoms with Crippen LogP contribution in [-0.4, -0.2) is 17.0 Å². The van der Waals surface area contributed by atoms with Crippen LogP contribution in [0, 0.1) is 23.2 Å². The fourth-order valence-corrected chi connectivity index (χ4v) is 4.37. The second-order valence-corrected chi connectivity index (χ2v) is 8.49. The van der Waals surface area contributed by atoms with Crippen LogP contribution in [0.2, 0.25) is 0 Å². The minimum atomic E-state index is -0.920. The highest BCUT2D eigenvalue weighted by molar-refractivity contribution is 5.83. The highest BCUT2D eigenvalue weighted by Gasteiger charge is 2.50. The Morgan fingerprint density at radius 1 is 0.750 bits per heavy atom. The molecule has 1 saturated carbocycles. The largest absolute Gasteiger partial charge is 0.481 e. The van der Waals surface area contributed by atoms with Gasteiger partial charge in [0, 0.05) is 5.92 Å². The van der Waals surface area contributed by atoms with Gasteiger partial charge in [0.2, 0.25) is 0 Å². The van der Waals surface area contributed by atoms with Crippen molar-refractivity contribution in [1.29, 1.82) is 5.26 Å². The molecule has 0 saturated heterocycles. The molecular formula is C31H25NO4. The number of carboxylic acid groups (broad SMARTS) is 1. The fourth-order valence-electron chi connectivity index (χ4n) is 4.37. The summed E-state index contributed by atoms with van der Waals surface area (Å²) in [7, 11) is 0. The van der Waals surface area contributed by atoms with Crippen molar-refractivity contribution in [3.05, 3.63) is 126 Å². The second-order valence-electron chi connectivity index (χ2n) is 8.49. The number of carbonyl (C=O) groups is 2. The van der Waals surface area contributed by atoms with E-state index in [2.05, 4.69) is 6.07 Å². The number of aliphatic carboxylic acids is 1. The molecule has 36 heavy (non-hydrogen) atoms. The van der Waals surface area contributed by atoms with Gasteiger partial charge in [0.25, 0.3) is 0 Å². The Hall–Kier alpha value is -4.69. The van der Waals surface area contributed by atoms with Gasteiger partial charge in [-0.2, -0.15) is 5.26 Å². The summed E-state index contributed by atoms with van der Waals surface area (Å²) in [5.74, 6) is -2.88. The second kappa shape index (κ2) is 11.6. The fraction of sp³-hybridized carbons (Fsp3) is 0.129. The van der Waals surface area contributed by atoms with Gasteiger partial charge >= 0.3 is 11.9 Å². The zero-order valence-electron chi connectivity index (χ0n) is 19.5. The maximum Gasteiger partial charge on any atom is 0.315 e. The van der Waals surface area contributed by atoms with E-state index in [0.717, 1.165) is 16.7 Å².